The van der Waals surface area contributed by atoms with Crippen LogP contribution in [0.15, 0.2) is 36.5 Å². The molecule has 0 aliphatic heterocycles. The van der Waals surface area contributed by atoms with E-state index < -0.39 is 0 Å². The SMILES string of the molecule is CCC(C)Nc1cnnc(NC(C)c2ccccc2)n1. The molecular weight excluding hydrogens is 250 g/mol. The number of nitrogens with one attached hydrogen (secondary N) is 2. The lowest BCUT2D eigenvalue weighted by atomic mass is 10.1. The van der Waals surface area contributed by atoms with Crippen LogP contribution in [-0.4, -0.2) is 21.2 Å². The Hall–Kier alpha value is -2.17. The minimum Gasteiger partial charge on any atom is -0.366 e. The van der Waals surface area contributed by atoms with Crippen molar-refractivity contribution in [3.05, 3.63) is 42.1 Å². The minimum atomic E-state index is 0.136. The van der Waals surface area contributed by atoms with Gasteiger partial charge in [0.1, 0.15) is 0 Å². The Morgan fingerprint density at radius 2 is 1.85 bits per heavy atom. The lowest BCUT2D eigenvalue weighted by Crippen LogP contribution is -2.16. The van der Waals surface area contributed by atoms with Gasteiger partial charge in [0.15, 0.2) is 5.82 Å². The van der Waals surface area contributed by atoms with Gasteiger partial charge >= 0.3 is 0 Å². The molecule has 2 atom stereocenters. The summed E-state index contributed by atoms with van der Waals surface area (Å²) >= 11 is 0. The molecule has 0 radical (unpaired) electrons. The Morgan fingerprint density at radius 3 is 2.55 bits per heavy atom. The quantitative estimate of drug-likeness (QED) is 0.844. The van der Waals surface area contributed by atoms with Crippen molar-refractivity contribution < 1.29 is 0 Å². The van der Waals surface area contributed by atoms with Gasteiger partial charge in [-0.05, 0) is 25.8 Å². The van der Waals surface area contributed by atoms with Crippen LogP contribution in [0.2, 0.25) is 0 Å². The highest BCUT2D eigenvalue weighted by atomic mass is 15.3. The Kier molecular flexibility index (Phi) is 4.87. The fourth-order valence-electron chi connectivity index (χ4n) is 1.81. The molecule has 2 unspecified atom stereocenters. The van der Waals surface area contributed by atoms with Gasteiger partial charge in [-0.1, -0.05) is 37.3 Å². The molecule has 5 heteroatoms. The van der Waals surface area contributed by atoms with Gasteiger partial charge < -0.3 is 10.6 Å². The molecule has 0 aliphatic carbocycles. The van der Waals surface area contributed by atoms with Crippen LogP contribution >= 0.6 is 0 Å². The second kappa shape index (κ2) is 6.84. The molecule has 106 valence electrons. The molecule has 0 bridgehead atoms. The summed E-state index contributed by atoms with van der Waals surface area (Å²) in [4.78, 5) is 4.43. The smallest absolute Gasteiger partial charge is 0.245 e. The van der Waals surface area contributed by atoms with E-state index in [1.54, 1.807) is 6.20 Å². The van der Waals surface area contributed by atoms with Gasteiger partial charge in [0.05, 0.1) is 12.2 Å². The highest BCUT2D eigenvalue weighted by Gasteiger charge is 2.08. The second-order valence-corrected chi connectivity index (χ2v) is 4.90. The second-order valence-electron chi connectivity index (χ2n) is 4.90. The van der Waals surface area contributed by atoms with Gasteiger partial charge in [0.2, 0.25) is 5.95 Å². The van der Waals surface area contributed by atoms with Gasteiger partial charge in [0, 0.05) is 6.04 Å². The molecule has 0 aliphatic rings. The van der Waals surface area contributed by atoms with Crippen LogP contribution in [0, 0.1) is 0 Å². The molecule has 2 rings (SSSR count). The summed E-state index contributed by atoms with van der Waals surface area (Å²) in [5.74, 6) is 1.28. The number of aromatic nitrogens is 3. The first-order valence-electron chi connectivity index (χ1n) is 6.96. The Balaban J connectivity index is 2.04. The first-order valence-corrected chi connectivity index (χ1v) is 6.96. The Morgan fingerprint density at radius 1 is 1.10 bits per heavy atom. The van der Waals surface area contributed by atoms with Crippen LogP contribution in [0.25, 0.3) is 0 Å². The third kappa shape index (κ3) is 3.91. The van der Waals surface area contributed by atoms with Crippen molar-refractivity contribution in [2.24, 2.45) is 0 Å². The zero-order valence-electron chi connectivity index (χ0n) is 12.2. The van der Waals surface area contributed by atoms with Crippen molar-refractivity contribution in [3.8, 4) is 0 Å². The predicted octanol–water partition coefficient (Wildman–Crippen LogP) is 3.26. The van der Waals surface area contributed by atoms with Crippen molar-refractivity contribution in [2.75, 3.05) is 10.6 Å². The van der Waals surface area contributed by atoms with Gasteiger partial charge in [-0.25, -0.2) is 0 Å². The molecule has 2 aromatic rings. The third-order valence-electron chi connectivity index (χ3n) is 3.21. The van der Waals surface area contributed by atoms with Crippen LogP contribution < -0.4 is 10.6 Å². The summed E-state index contributed by atoms with van der Waals surface area (Å²) in [6.07, 6.45) is 2.68. The summed E-state index contributed by atoms with van der Waals surface area (Å²) in [5, 5.41) is 14.6. The summed E-state index contributed by atoms with van der Waals surface area (Å²) < 4.78 is 0. The Labute approximate surface area is 119 Å². The highest BCUT2D eigenvalue weighted by Crippen LogP contribution is 2.16. The van der Waals surface area contributed by atoms with Crippen LogP contribution in [0.3, 0.4) is 0 Å². The van der Waals surface area contributed by atoms with E-state index >= 15 is 0 Å². The van der Waals surface area contributed by atoms with Crippen molar-refractivity contribution in [1.82, 2.24) is 15.2 Å². The first-order chi connectivity index (χ1) is 9.69. The predicted molar refractivity (Wildman–Crippen MR) is 81.7 cm³/mol. The first kappa shape index (κ1) is 14.2. The molecule has 0 saturated carbocycles. The number of rotatable bonds is 6. The lowest BCUT2D eigenvalue weighted by Gasteiger charge is -2.15. The topological polar surface area (TPSA) is 62.7 Å². The molecule has 0 spiro atoms. The number of hydrogen-bond donors (Lipinski definition) is 2. The van der Waals surface area contributed by atoms with Crippen LogP contribution in [0.4, 0.5) is 11.8 Å². The molecule has 0 saturated heterocycles. The molecule has 20 heavy (non-hydrogen) atoms. The van der Waals surface area contributed by atoms with Crippen molar-refractivity contribution >= 4 is 11.8 Å². The van der Waals surface area contributed by atoms with E-state index in [1.165, 1.54) is 5.56 Å². The lowest BCUT2D eigenvalue weighted by molar-refractivity contribution is 0.753. The summed E-state index contributed by atoms with van der Waals surface area (Å²) in [5.41, 5.74) is 1.19. The van der Waals surface area contributed by atoms with Crippen LogP contribution in [-0.2, 0) is 0 Å². The molecule has 0 amide bonds. The van der Waals surface area contributed by atoms with Gasteiger partial charge in [-0.15, -0.1) is 5.10 Å². The van der Waals surface area contributed by atoms with E-state index in [2.05, 4.69) is 58.7 Å². The zero-order valence-corrected chi connectivity index (χ0v) is 12.2. The highest BCUT2D eigenvalue weighted by molar-refractivity contribution is 5.39. The standard InChI is InChI=1S/C15H21N5/c1-4-11(2)17-14-10-16-20-15(19-14)18-12(3)13-8-6-5-7-9-13/h5-12H,4H2,1-3H3,(H2,17,18,19,20). The molecular formula is C15H21N5. The molecule has 2 N–H and O–H groups in total. The Bertz CT molecular complexity index is 529. The fraction of sp³-hybridized carbons (Fsp3) is 0.400. The van der Waals surface area contributed by atoms with Crippen molar-refractivity contribution in [1.29, 1.82) is 0 Å². The maximum Gasteiger partial charge on any atom is 0.245 e. The van der Waals surface area contributed by atoms with E-state index in [1.807, 2.05) is 18.2 Å². The number of hydrogen-bond acceptors (Lipinski definition) is 5. The largest absolute Gasteiger partial charge is 0.366 e. The third-order valence-corrected chi connectivity index (χ3v) is 3.21. The molecule has 1 heterocycles. The molecule has 0 fully saturated rings. The summed E-state index contributed by atoms with van der Waals surface area (Å²) in [7, 11) is 0. The van der Waals surface area contributed by atoms with Gasteiger partial charge in [-0.3, -0.25) is 0 Å². The van der Waals surface area contributed by atoms with E-state index in [0.29, 0.717) is 12.0 Å². The summed E-state index contributed by atoms with van der Waals surface area (Å²) in [6.45, 7) is 6.32. The van der Waals surface area contributed by atoms with Gasteiger partial charge in [-0.2, -0.15) is 10.1 Å². The number of anilines is 2. The summed E-state index contributed by atoms with van der Waals surface area (Å²) in [6, 6.07) is 10.7. The van der Waals surface area contributed by atoms with Gasteiger partial charge in [0.25, 0.3) is 0 Å². The van der Waals surface area contributed by atoms with E-state index in [4.69, 9.17) is 0 Å². The van der Waals surface area contributed by atoms with Crippen molar-refractivity contribution in [2.45, 2.75) is 39.3 Å². The van der Waals surface area contributed by atoms with E-state index in [9.17, 15) is 0 Å². The van der Waals surface area contributed by atoms with Crippen LogP contribution in [0.5, 0.6) is 0 Å². The van der Waals surface area contributed by atoms with Crippen LogP contribution in [0.1, 0.15) is 38.8 Å². The maximum absolute atomic E-state index is 4.43. The normalized spacial score (nSPS) is 13.6. The van der Waals surface area contributed by atoms with E-state index in [0.717, 1.165) is 12.2 Å². The average Bonchev–Trinajstić information content (AvgIpc) is 2.48. The molecule has 1 aromatic heterocycles. The maximum atomic E-state index is 4.43. The fourth-order valence-corrected chi connectivity index (χ4v) is 1.81. The van der Waals surface area contributed by atoms with Crippen molar-refractivity contribution in [3.63, 3.8) is 0 Å². The molecule has 5 nitrogen and oxygen atoms in total. The average molecular weight is 271 g/mol. The molecule has 1 aromatic carbocycles. The monoisotopic (exact) mass is 271 g/mol. The minimum absolute atomic E-state index is 0.136. The number of benzene rings is 1. The number of nitrogens with zero attached hydrogens (tertiary/aromatic N) is 3. The van der Waals surface area contributed by atoms with E-state index in [-0.39, 0.29) is 6.04 Å². The zero-order chi connectivity index (χ0) is 14.4.